The van der Waals surface area contributed by atoms with Crippen LogP contribution in [0.4, 0.5) is 4.79 Å². The lowest BCUT2D eigenvalue weighted by atomic mass is 10.2. The van der Waals surface area contributed by atoms with Crippen LogP contribution in [-0.4, -0.2) is 37.3 Å². The lowest BCUT2D eigenvalue weighted by Crippen LogP contribution is -2.38. The highest BCUT2D eigenvalue weighted by atomic mass is 16.6. The molecular weight excluding hydrogens is 330 g/mol. The molecule has 1 fully saturated rings. The molecular formula is C19H25N5O2. The number of ether oxygens (including phenoxy) is 1. The first-order valence-electron chi connectivity index (χ1n) is 9.12. The number of aromatic amines is 1. The first-order valence-corrected chi connectivity index (χ1v) is 9.12. The fourth-order valence-electron chi connectivity index (χ4n) is 3.95. The van der Waals surface area contributed by atoms with Crippen molar-refractivity contribution < 1.29 is 9.53 Å². The van der Waals surface area contributed by atoms with Crippen molar-refractivity contribution in [3.63, 3.8) is 0 Å². The van der Waals surface area contributed by atoms with Gasteiger partial charge in [0.15, 0.2) is 0 Å². The van der Waals surface area contributed by atoms with Crippen LogP contribution in [0.25, 0.3) is 22.1 Å². The molecule has 1 aliphatic carbocycles. The third kappa shape index (κ3) is 3.02. The van der Waals surface area contributed by atoms with Gasteiger partial charge in [-0.3, -0.25) is 0 Å². The molecule has 1 aliphatic rings. The van der Waals surface area contributed by atoms with Gasteiger partial charge in [0, 0.05) is 23.7 Å². The van der Waals surface area contributed by atoms with Gasteiger partial charge in [0.2, 0.25) is 0 Å². The molecule has 0 saturated heterocycles. The van der Waals surface area contributed by atoms with E-state index >= 15 is 0 Å². The van der Waals surface area contributed by atoms with E-state index in [0.717, 1.165) is 47.2 Å². The monoisotopic (exact) mass is 355 g/mol. The lowest BCUT2D eigenvalue weighted by Gasteiger charge is -2.22. The number of alkyl carbamates (subject to hydrolysis) is 1. The molecule has 7 heteroatoms. The average molecular weight is 355 g/mol. The first kappa shape index (κ1) is 16.9. The second kappa shape index (κ2) is 6.00. The second-order valence-corrected chi connectivity index (χ2v) is 8.07. The highest BCUT2D eigenvalue weighted by Gasteiger charge is 2.30. The molecule has 1 amide bonds. The summed E-state index contributed by atoms with van der Waals surface area (Å²) in [5, 5.41) is 4.10. The molecule has 138 valence electrons. The second-order valence-electron chi connectivity index (χ2n) is 8.07. The van der Waals surface area contributed by atoms with Crippen molar-refractivity contribution in [2.45, 2.75) is 64.6 Å². The summed E-state index contributed by atoms with van der Waals surface area (Å²) in [6.45, 7) is 7.66. The van der Waals surface area contributed by atoms with Gasteiger partial charge in [0.25, 0.3) is 0 Å². The van der Waals surface area contributed by atoms with Gasteiger partial charge in [0.05, 0.1) is 11.7 Å². The largest absolute Gasteiger partial charge is 0.444 e. The number of nitrogens with one attached hydrogen (secondary N) is 2. The minimum absolute atomic E-state index is 0.121. The predicted octanol–water partition coefficient (Wildman–Crippen LogP) is 3.84. The Labute approximate surface area is 152 Å². The summed E-state index contributed by atoms with van der Waals surface area (Å²) < 4.78 is 7.69. The summed E-state index contributed by atoms with van der Waals surface area (Å²) in [6.07, 6.45) is 6.20. The van der Waals surface area contributed by atoms with Crippen molar-refractivity contribution >= 4 is 28.2 Å². The van der Waals surface area contributed by atoms with Crippen LogP contribution in [0.3, 0.4) is 0 Å². The van der Waals surface area contributed by atoms with E-state index in [4.69, 9.17) is 9.72 Å². The Bertz CT molecular complexity index is 966. The first-order chi connectivity index (χ1) is 12.3. The normalized spacial score (nSPS) is 20.8. The topological polar surface area (TPSA) is 84.8 Å². The number of amides is 1. The maximum atomic E-state index is 12.1. The third-order valence-corrected chi connectivity index (χ3v) is 4.90. The highest BCUT2D eigenvalue weighted by Crippen LogP contribution is 2.36. The van der Waals surface area contributed by atoms with E-state index in [9.17, 15) is 4.79 Å². The summed E-state index contributed by atoms with van der Waals surface area (Å²) in [5.41, 5.74) is 2.43. The average Bonchev–Trinajstić information content (AvgIpc) is 3.21. The van der Waals surface area contributed by atoms with Gasteiger partial charge in [-0.05, 0) is 53.0 Å². The fraction of sp³-hybridized carbons (Fsp3) is 0.526. The maximum absolute atomic E-state index is 12.1. The zero-order chi connectivity index (χ0) is 18.5. The zero-order valence-corrected chi connectivity index (χ0v) is 15.7. The van der Waals surface area contributed by atoms with Crippen LogP contribution < -0.4 is 5.32 Å². The Hall–Kier alpha value is -2.57. The summed E-state index contributed by atoms with van der Waals surface area (Å²) in [7, 11) is 0. The van der Waals surface area contributed by atoms with E-state index < -0.39 is 5.60 Å². The molecule has 0 bridgehead atoms. The molecule has 0 unspecified atom stereocenters. The van der Waals surface area contributed by atoms with Crippen LogP contribution in [0.5, 0.6) is 0 Å². The number of nitrogens with zero attached hydrogens (tertiary/aromatic N) is 3. The van der Waals surface area contributed by atoms with Crippen molar-refractivity contribution in [2.24, 2.45) is 0 Å². The number of hydrogen-bond acceptors (Lipinski definition) is 4. The molecule has 1 saturated carbocycles. The molecule has 7 nitrogen and oxygen atoms in total. The quantitative estimate of drug-likeness (QED) is 0.731. The molecule has 3 aromatic heterocycles. The van der Waals surface area contributed by atoms with Crippen molar-refractivity contribution in [1.82, 2.24) is 24.8 Å². The van der Waals surface area contributed by atoms with Crippen LogP contribution in [0.2, 0.25) is 0 Å². The van der Waals surface area contributed by atoms with E-state index in [-0.39, 0.29) is 12.1 Å². The van der Waals surface area contributed by atoms with Crippen LogP contribution in [-0.2, 0) is 4.74 Å². The van der Waals surface area contributed by atoms with Gasteiger partial charge in [-0.15, -0.1) is 0 Å². The number of H-pyrrole nitrogens is 1. The van der Waals surface area contributed by atoms with E-state index in [2.05, 4.69) is 19.9 Å². The molecule has 26 heavy (non-hydrogen) atoms. The van der Waals surface area contributed by atoms with Gasteiger partial charge < -0.3 is 19.6 Å². The third-order valence-electron chi connectivity index (χ3n) is 4.90. The van der Waals surface area contributed by atoms with E-state index in [1.807, 2.05) is 46.2 Å². The predicted molar refractivity (Wildman–Crippen MR) is 100 cm³/mol. The fourth-order valence-corrected chi connectivity index (χ4v) is 3.95. The number of aromatic nitrogens is 4. The number of fused-ring (bicyclic) bond motifs is 3. The number of carbonyl (C=O) groups is 1. The van der Waals surface area contributed by atoms with Crippen LogP contribution in [0.1, 0.15) is 51.9 Å². The molecule has 2 atom stereocenters. The molecule has 3 heterocycles. The minimum atomic E-state index is -0.480. The molecule has 3 aromatic rings. The van der Waals surface area contributed by atoms with Gasteiger partial charge in [-0.1, -0.05) is 0 Å². The Morgan fingerprint density at radius 1 is 1.38 bits per heavy atom. The van der Waals surface area contributed by atoms with Gasteiger partial charge in [-0.2, -0.15) is 0 Å². The number of hydrogen-bond donors (Lipinski definition) is 2. The van der Waals surface area contributed by atoms with Crippen LogP contribution in [0.15, 0.2) is 18.5 Å². The maximum Gasteiger partial charge on any atom is 0.407 e. The molecule has 0 spiro atoms. The van der Waals surface area contributed by atoms with Crippen molar-refractivity contribution in [3.8, 4) is 0 Å². The number of rotatable bonds is 2. The zero-order valence-electron chi connectivity index (χ0n) is 15.7. The van der Waals surface area contributed by atoms with Crippen molar-refractivity contribution in [3.05, 3.63) is 24.3 Å². The van der Waals surface area contributed by atoms with Crippen LogP contribution in [0, 0.1) is 6.92 Å². The lowest BCUT2D eigenvalue weighted by molar-refractivity contribution is 0.0505. The number of carbonyl (C=O) groups excluding carboxylic acids is 1. The standard InChI is InChI=1S/C19H25N5O2/c1-11-22-15-10-21-17-14(7-8-20-17)16(15)24(11)13-6-5-12(9-13)23-18(25)26-19(2,3)4/h7-8,10,12-13H,5-6,9H2,1-4H3,(H,20,21)(H,23,25)/t12-,13-/m0/s1. The van der Waals surface area contributed by atoms with Gasteiger partial charge in [0.1, 0.15) is 22.6 Å². The molecule has 4 rings (SSSR count). The Morgan fingerprint density at radius 3 is 2.96 bits per heavy atom. The molecule has 0 aliphatic heterocycles. The van der Waals surface area contributed by atoms with Gasteiger partial charge >= 0.3 is 6.09 Å². The Kier molecular flexibility index (Phi) is 3.89. The minimum Gasteiger partial charge on any atom is -0.444 e. The van der Waals surface area contributed by atoms with Gasteiger partial charge in [-0.25, -0.2) is 14.8 Å². The SMILES string of the molecule is Cc1nc2cnc3[nH]ccc3c2n1[C@H]1CC[C@H](NC(=O)OC(C)(C)C)C1. The van der Waals surface area contributed by atoms with E-state index in [0.29, 0.717) is 6.04 Å². The highest BCUT2D eigenvalue weighted by molar-refractivity contribution is 6.01. The molecule has 2 N–H and O–H groups in total. The molecule has 0 aromatic carbocycles. The number of aryl methyl sites for hydroxylation is 1. The summed E-state index contributed by atoms with van der Waals surface area (Å²) >= 11 is 0. The van der Waals surface area contributed by atoms with Crippen LogP contribution >= 0.6 is 0 Å². The Balaban J connectivity index is 1.58. The Morgan fingerprint density at radius 2 is 2.19 bits per heavy atom. The summed E-state index contributed by atoms with van der Waals surface area (Å²) in [6, 6.07) is 2.48. The van der Waals surface area contributed by atoms with E-state index in [1.165, 1.54) is 0 Å². The number of pyridine rings is 1. The summed E-state index contributed by atoms with van der Waals surface area (Å²) in [5.74, 6) is 0.985. The number of imidazole rings is 1. The van der Waals surface area contributed by atoms with Crippen molar-refractivity contribution in [1.29, 1.82) is 0 Å². The van der Waals surface area contributed by atoms with Crippen molar-refractivity contribution in [2.75, 3.05) is 0 Å². The summed E-state index contributed by atoms with van der Waals surface area (Å²) in [4.78, 5) is 24.4. The molecule has 0 radical (unpaired) electrons. The smallest absolute Gasteiger partial charge is 0.407 e. The van der Waals surface area contributed by atoms with E-state index in [1.54, 1.807) is 0 Å².